The molecule has 0 saturated carbocycles. The molecule has 0 aliphatic carbocycles. The third-order valence-electron chi connectivity index (χ3n) is 2.82. The number of hydrogen-bond donors (Lipinski definition) is 1. The van der Waals surface area contributed by atoms with Crippen LogP contribution in [0.1, 0.15) is 11.1 Å². The molecule has 0 aliphatic rings. The Hall–Kier alpha value is -1.78. The van der Waals surface area contributed by atoms with Gasteiger partial charge in [-0.1, -0.05) is 35.3 Å². The summed E-state index contributed by atoms with van der Waals surface area (Å²) < 4.78 is 0. The number of benzene rings is 2. The SMILES string of the molecule is Cc1ccc([N+](=O)[O-])c(NCc2ccc(Cl)c(Cl)c2)c1. The molecule has 0 radical (unpaired) electrons. The van der Waals surface area contributed by atoms with E-state index in [1.54, 1.807) is 24.3 Å². The van der Waals surface area contributed by atoms with Crippen molar-refractivity contribution in [3.8, 4) is 0 Å². The monoisotopic (exact) mass is 310 g/mol. The minimum atomic E-state index is -0.406. The van der Waals surface area contributed by atoms with Crippen LogP contribution in [0.4, 0.5) is 11.4 Å². The number of rotatable bonds is 4. The molecule has 1 N–H and O–H groups in total. The van der Waals surface area contributed by atoms with E-state index in [9.17, 15) is 10.1 Å². The van der Waals surface area contributed by atoms with Gasteiger partial charge in [0, 0.05) is 12.6 Å². The Morgan fingerprint density at radius 3 is 2.55 bits per heavy atom. The number of nitrogens with one attached hydrogen (secondary N) is 1. The minimum Gasteiger partial charge on any atom is -0.375 e. The lowest BCUT2D eigenvalue weighted by molar-refractivity contribution is -0.384. The van der Waals surface area contributed by atoms with Gasteiger partial charge in [-0.3, -0.25) is 10.1 Å². The van der Waals surface area contributed by atoms with Gasteiger partial charge in [-0.15, -0.1) is 0 Å². The van der Waals surface area contributed by atoms with Crippen LogP contribution in [-0.4, -0.2) is 4.92 Å². The summed E-state index contributed by atoms with van der Waals surface area (Å²) in [7, 11) is 0. The summed E-state index contributed by atoms with van der Waals surface area (Å²) in [6.07, 6.45) is 0. The molecular formula is C14H12Cl2N2O2. The van der Waals surface area contributed by atoms with Gasteiger partial charge >= 0.3 is 0 Å². The summed E-state index contributed by atoms with van der Waals surface area (Å²) in [6.45, 7) is 2.31. The Bertz CT molecular complexity index is 660. The topological polar surface area (TPSA) is 55.2 Å². The van der Waals surface area contributed by atoms with Crippen LogP contribution in [0, 0.1) is 17.0 Å². The standard InChI is InChI=1S/C14H12Cl2N2O2/c1-9-2-5-14(18(19)20)13(6-9)17-8-10-3-4-11(15)12(16)7-10/h2-7,17H,8H2,1H3. The molecule has 20 heavy (non-hydrogen) atoms. The third-order valence-corrected chi connectivity index (χ3v) is 3.55. The second kappa shape index (κ2) is 6.11. The molecular weight excluding hydrogens is 299 g/mol. The lowest BCUT2D eigenvalue weighted by Crippen LogP contribution is -2.03. The summed E-state index contributed by atoms with van der Waals surface area (Å²) in [6, 6.07) is 10.2. The van der Waals surface area contributed by atoms with Gasteiger partial charge in [-0.2, -0.15) is 0 Å². The van der Waals surface area contributed by atoms with E-state index < -0.39 is 4.92 Å². The van der Waals surface area contributed by atoms with E-state index in [-0.39, 0.29) is 5.69 Å². The number of nitro benzene ring substituents is 1. The fourth-order valence-corrected chi connectivity index (χ4v) is 2.12. The molecule has 0 amide bonds. The Morgan fingerprint density at radius 2 is 1.90 bits per heavy atom. The summed E-state index contributed by atoms with van der Waals surface area (Å²) in [5.41, 5.74) is 2.39. The number of halogens is 2. The first kappa shape index (κ1) is 14.6. The zero-order chi connectivity index (χ0) is 14.7. The molecule has 0 atom stereocenters. The van der Waals surface area contributed by atoms with Gasteiger partial charge in [0.2, 0.25) is 0 Å². The first-order valence-corrected chi connectivity index (χ1v) is 6.66. The van der Waals surface area contributed by atoms with Crippen LogP contribution in [-0.2, 0) is 6.54 Å². The van der Waals surface area contributed by atoms with Gasteiger partial charge in [-0.25, -0.2) is 0 Å². The van der Waals surface area contributed by atoms with E-state index in [1.165, 1.54) is 6.07 Å². The van der Waals surface area contributed by atoms with E-state index in [0.717, 1.165) is 11.1 Å². The smallest absolute Gasteiger partial charge is 0.292 e. The van der Waals surface area contributed by atoms with Crippen molar-refractivity contribution in [2.45, 2.75) is 13.5 Å². The third kappa shape index (κ3) is 3.40. The minimum absolute atomic E-state index is 0.0515. The first-order chi connectivity index (χ1) is 9.47. The van der Waals surface area contributed by atoms with E-state index in [4.69, 9.17) is 23.2 Å². The van der Waals surface area contributed by atoms with Gasteiger partial charge in [0.1, 0.15) is 5.69 Å². The lowest BCUT2D eigenvalue weighted by atomic mass is 10.1. The highest BCUT2D eigenvalue weighted by Gasteiger charge is 2.13. The molecule has 0 aliphatic heterocycles. The van der Waals surface area contributed by atoms with Crippen molar-refractivity contribution in [2.75, 3.05) is 5.32 Å². The zero-order valence-corrected chi connectivity index (χ0v) is 12.2. The van der Waals surface area contributed by atoms with Crippen molar-refractivity contribution in [3.63, 3.8) is 0 Å². The number of nitro groups is 1. The van der Waals surface area contributed by atoms with Gasteiger partial charge < -0.3 is 5.32 Å². The number of aryl methyl sites for hydroxylation is 1. The van der Waals surface area contributed by atoms with Gasteiger partial charge in [-0.05, 0) is 36.2 Å². The fraction of sp³-hybridized carbons (Fsp3) is 0.143. The van der Waals surface area contributed by atoms with E-state index in [1.807, 2.05) is 13.0 Å². The van der Waals surface area contributed by atoms with Crippen LogP contribution < -0.4 is 5.32 Å². The summed E-state index contributed by atoms with van der Waals surface area (Å²) in [4.78, 5) is 10.6. The molecule has 6 heteroatoms. The molecule has 2 aromatic carbocycles. The first-order valence-electron chi connectivity index (χ1n) is 5.90. The van der Waals surface area contributed by atoms with Crippen LogP contribution in [0.25, 0.3) is 0 Å². The van der Waals surface area contributed by atoms with Crippen molar-refractivity contribution in [3.05, 3.63) is 67.7 Å². The van der Waals surface area contributed by atoms with Gasteiger partial charge in [0.25, 0.3) is 5.69 Å². The molecule has 0 bridgehead atoms. The van der Waals surface area contributed by atoms with Crippen LogP contribution in [0.2, 0.25) is 10.0 Å². The normalized spacial score (nSPS) is 10.3. The second-order valence-corrected chi connectivity index (χ2v) is 5.19. The Labute approximate surface area is 126 Å². The average molecular weight is 311 g/mol. The van der Waals surface area contributed by atoms with Crippen molar-refractivity contribution in [1.82, 2.24) is 0 Å². The Kier molecular flexibility index (Phi) is 4.47. The molecule has 0 saturated heterocycles. The van der Waals surface area contributed by atoms with Crippen molar-refractivity contribution in [2.24, 2.45) is 0 Å². The van der Waals surface area contributed by atoms with Crippen LogP contribution in [0.5, 0.6) is 0 Å². The molecule has 0 spiro atoms. The highest BCUT2D eigenvalue weighted by atomic mass is 35.5. The molecule has 2 rings (SSSR count). The largest absolute Gasteiger partial charge is 0.375 e. The Morgan fingerprint density at radius 1 is 1.15 bits per heavy atom. The molecule has 0 heterocycles. The van der Waals surface area contributed by atoms with E-state index in [2.05, 4.69) is 5.32 Å². The average Bonchev–Trinajstić information content (AvgIpc) is 2.40. The van der Waals surface area contributed by atoms with E-state index >= 15 is 0 Å². The number of nitrogens with zero attached hydrogens (tertiary/aromatic N) is 1. The molecule has 0 fully saturated rings. The molecule has 4 nitrogen and oxygen atoms in total. The summed E-state index contributed by atoms with van der Waals surface area (Å²) >= 11 is 11.8. The van der Waals surface area contributed by atoms with Crippen LogP contribution in [0.3, 0.4) is 0 Å². The lowest BCUT2D eigenvalue weighted by Gasteiger charge is -2.09. The molecule has 0 aromatic heterocycles. The quantitative estimate of drug-likeness (QED) is 0.650. The van der Waals surface area contributed by atoms with E-state index in [0.29, 0.717) is 22.3 Å². The predicted octanol–water partition coefficient (Wildman–Crippen LogP) is 4.82. The molecule has 104 valence electrons. The van der Waals surface area contributed by atoms with Crippen molar-refractivity contribution >= 4 is 34.6 Å². The predicted molar refractivity (Wildman–Crippen MR) is 81.6 cm³/mol. The van der Waals surface area contributed by atoms with Gasteiger partial charge in [0.05, 0.1) is 15.0 Å². The van der Waals surface area contributed by atoms with Crippen molar-refractivity contribution < 1.29 is 4.92 Å². The Balaban J connectivity index is 2.20. The number of anilines is 1. The maximum atomic E-state index is 11.0. The second-order valence-electron chi connectivity index (χ2n) is 4.38. The van der Waals surface area contributed by atoms with Crippen LogP contribution in [0.15, 0.2) is 36.4 Å². The van der Waals surface area contributed by atoms with Crippen LogP contribution >= 0.6 is 23.2 Å². The maximum absolute atomic E-state index is 11.0. The summed E-state index contributed by atoms with van der Waals surface area (Å²) in [5, 5.41) is 15.0. The molecule has 0 unspecified atom stereocenters. The fourth-order valence-electron chi connectivity index (χ4n) is 1.80. The molecule has 2 aromatic rings. The van der Waals surface area contributed by atoms with Gasteiger partial charge in [0.15, 0.2) is 0 Å². The summed E-state index contributed by atoms with van der Waals surface area (Å²) in [5.74, 6) is 0. The highest BCUT2D eigenvalue weighted by Crippen LogP contribution is 2.27. The maximum Gasteiger partial charge on any atom is 0.292 e. The highest BCUT2D eigenvalue weighted by molar-refractivity contribution is 6.42. The zero-order valence-electron chi connectivity index (χ0n) is 10.7. The van der Waals surface area contributed by atoms with Crippen molar-refractivity contribution in [1.29, 1.82) is 0 Å². The number of hydrogen-bond acceptors (Lipinski definition) is 3.